The van der Waals surface area contributed by atoms with Crippen molar-refractivity contribution in [1.82, 2.24) is 4.98 Å². The van der Waals surface area contributed by atoms with Crippen molar-refractivity contribution in [3.63, 3.8) is 0 Å². The Balaban J connectivity index is 2.00. The molecular weight excluding hydrogens is 685 g/mol. The zero-order valence-electron chi connectivity index (χ0n) is 20.3. The molecule has 0 aliphatic heterocycles. The van der Waals surface area contributed by atoms with Crippen LogP contribution in [0.15, 0.2) is 62.0 Å². The Kier molecular flexibility index (Phi) is 9.06. The lowest BCUT2D eigenvalue weighted by atomic mass is 10.2. The van der Waals surface area contributed by atoms with E-state index >= 15 is 0 Å². The van der Waals surface area contributed by atoms with Gasteiger partial charge in [0, 0.05) is 0 Å². The molecule has 42 heavy (non-hydrogen) atoms. The molecule has 0 bridgehead atoms. The molecule has 226 valence electrons. The lowest BCUT2D eigenvalue weighted by Gasteiger charge is -2.14. The number of amides is 2. The van der Waals surface area contributed by atoms with E-state index in [0.717, 1.165) is 24.3 Å². The lowest BCUT2D eigenvalue weighted by molar-refractivity contribution is 0.101. The molecule has 0 spiro atoms. The number of nitrogens with one attached hydrogen (secondary N) is 2. The molecule has 10 N–H and O–H groups in total. The molecule has 0 fully saturated rings. The van der Waals surface area contributed by atoms with E-state index in [2.05, 4.69) is 15.6 Å². The van der Waals surface area contributed by atoms with E-state index < -0.39 is 104 Å². The molecule has 17 nitrogen and oxygen atoms in total. The summed E-state index contributed by atoms with van der Waals surface area (Å²) in [6.07, 6.45) is 0. The number of carbonyl (C=O) groups excluding carboxylic acids is 2. The summed E-state index contributed by atoms with van der Waals surface area (Å²) in [6, 6.07) is 5.96. The quantitative estimate of drug-likeness (QED) is 0.173. The number of rotatable bonds is 8. The van der Waals surface area contributed by atoms with Crippen molar-refractivity contribution >= 4 is 86.5 Å². The van der Waals surface area contributed by atoms with Crippen molar-refractivity contribution in [2.75, 3.05) is 10.6 Å². The first kappa shape index (κ1) is 33.3. The molecule has 1 heterocycles. The van der Waals surface area contributed by atoms with E-state index in [1.165, 1.54) is 6.07 Å². The highest BCUT2D eigenvalue weighted by molar-refractivity contribution is 7.90. The van der Waals surface area contributed by atoms with Gasteiger partial charge in [0.05, 0.1) is 21.4 Å². The third-order valence-corrected chi connectivity index (χ3v) is 9.66. The Morgan fingerprint density at radius 2 is 0.881 bits per heavy atom. The van der Waals surface area contributed by atoms with Gasteiger partial charge in [0.1, 0.15) is 31.0 Å². The summed E-state index contributed by atoms with van der Waals surface area (Å²) < 4.78 is 95.1. The summed E-state index contributed by atoms with van der Waals surface area (Å²) in [4.78, 5) is 26.2. The number of nitrogens with zero attached hydrogens (tertiary/aromatic N) is 1. The molecule has 1 aromatic heterocycles. The Morgan fingerprint density at radius 3 is 1.17 bits per heavy atom. The topological polar surface area (TPSA) is 312 Å². The van der Waals surface area contributed by atoms with Gasteiger partial charge in [0.25, 0.3) is 11.8 Å². The summed E-state index contributed by atoms with van der Waals surface area (Å²) in [6.45, 7) is 0. The highest BCUT2D eigenvalue weighted by Crippen LogP contribution is 2.32. The van der Waals surface area contributed by atoms with E-state index in [1.807, 2.05) is 0 Å². The molecule has 0 atom stereocenters. The fraction of sp³-hybridized carbons (Fsp3) is 0. The number of benzene rings is 2. The SMILES string of the molecule is NS(=O)(=O)c1cc(S(N)(=O)=O)c(NC(=O)c2cccc(C(=O)Nc3cc(Cl)c(S(N)(=O)=O)cc3S(N)(=O)=O)n2)cc1Cl. The molecule has 0 aliphatic carbocycles. The number of aromatic nitrogens is 1. The molecule has 0 saturated carbocycles. The molecule has 0 saturated heterocycles. The second-order valence-electron chi connectivity index (χ2n) is 8.05. The van der Waals surface area contributed by atoms with E-state index in [0.29, 0.717) is 12.1 Å². The molecule has 2 aromatic carbocycles. The van der Waals surface area contributed by atoms with Crippen molar-refractivity contribution in [2.24, 2.45) is 20.6 Å². The Bertz CT molecular complexity index is 1960. The monoisotopic (exact) mass is 701 g/mol. The zero-order chi connectivity index (χ0) is 32.0. The number of primary sulfonamides is 4. The predicted molar refractivity (Wildman–Crippen MR) is 149 cm³/mol. The van der Waals surface area contributed by atoms with Crippen LogP contribution >= 0.6 is 23.2 Å². The first-order chi connectivity index (χ1) is 19.0. The standard InChI is InChI=1S/C19H17Cl2N7O10S4/c20-8-4-12(16(41(24,35)36)6-14(8)39(22,31)32)27-18(29)10-2-1-3-11(26-10)19(30)28-13-5-9(21)15(40(23,33)34)7-17(13)42(25,37)38/h1-7H,(H,27,29)(H,28,30)(H2,22,31,32)(H2,23,33,34)(H2,24,35,36)(H2,25,37,38). The molecular formula is C19H17Cl2N7O10S4. The maximum Gasteiger partial charge on any atom is 0.274 e. The number of anilines is 2. The van der Waals surface area contributed by atoms with Crippen LogP contribution in [0.3, 0.4) is 0 Å². The Labute approximate surface area is 248 Å². The van der Waals surface area contributed by atoms with Crippen LogP contribution in [0.4, 0.5) is 11.4 Å². The maximum absolute atomic E-state index is 12.9. The first-order valence-electron chi connectivity index (χ1n) is 10.4. The molecule has 0 radical (unpaired) electrons. The summed E-state index contributed by atoms with van der Waals surface area (Å²) in [7, 11) is -18.3. The molecule has 0 unspecified atom stereocenters. The number of hydrogen-bond donors (Lipinski definition) is 6. The molecule has 3 aromatic rings. The lowest BCUT2D eigenvalue weighted by Crippen LogP contribution is -2.23. The Morgan fingerprint density at radius 1 is 0.571 bits per heavy atom. The van der Waals surface area contributed by atoms with Crippen LogP contribution in [0.25, 0.3) is 0 Å². The van der Waals surface area contributed by atoms with Crippen molar-refractivity contribution in [3.8, 4) is 0 Å². The van der Waals surface area contributed by atoms with E-state index in [-0.39, 0.29) is 0 Å². The second kappa shape index (κ2) is 11.4. The van der Waals surface area contributed by atoms with Crippen LogP contribution in [-0.2, 0) is 40.1 Å². The van der Waals surface area contributed by atoms with Crippen LogP contribution in [-0.4, -0.2) is 50.5 Å². The number of nitrogens with two attached hydrogens (primary N) is 4. The number of halogens is 2. The van der Waals surface area contributed by atoms with Gasteiger partial charge in [-0.15, -0.1) is 0 Å². The summed E-state index contributed by atoms with van der Waals surface area (Å²) >= 11 is 11.8. The van der Waals surface area contributed by atoms with E-state index in [9.17, 15) is 43.3 Å². The van der Waals surface area contributed by atoms with Gasteiger partial charge < -0.3 is 10.6 Å². The minimum absolute atomic E-state index is 0.496. The largest absolute Gasteiger partial charge is 0.319 e. The van der Waals surface area contributed by atoms with Crippen molar-refractivity contribution in [3.05, 3.63) is 63.9 Å². The predicted octanol–water partition coefficient (Wildman–Crippen LogP) is -0.517. The number of pyridine rings is 1. The summed E-state index contributed by atoms with van der Waals surface area (Å²) in [5.41, 5.74) is -2.11. The highest BCUT2D eigenvalue weighted by Gasteiger charge is 2.26. The number of hydrogen-bond acceptors (Lipinski definition) is 11. The van der Waals surface area contributed by atoms with Gasteiger partial charge in [-0.3, -0.25) is 9.59 Å². The van der Waals surface area contributed by atoms with Gasteiger partial charge in [-0.25, -0.2) is 59.2 Å². The van der Waals surface area contributed by atoms with Crippen LogP contribution < -0.4 is 31.2 Å². The Hall–Kier alpha value is -3.25. The third kappa shape index (κ3) is 7.57. The van der Waals surface area contributed by atoms with Gasteiger partial charge >= 0.3 is 0 Å². The smallest absolute Gasteiger partial charge is 0.274 e. The van der Waals surface area contributed by atoms with Gasteiger partial charge in [-0.05, 0) is 36.4 Å². The summed E-state index contributed by atoms with van der Waals surface area (Å²) in [5, 5.41) is 23.4. The maximum atomic E-state index is 12.9. The van der Waals surface area contributed by atoms with Gasteiger partial charge in [-0.1, -0.05) is 29.3 Å². The van der Waals surface area contributed by atoms with Crippen LogP contribution in [0.5, 0.6) is 0 Å². The number of carbonyl (C=O) groups is 2. The average molecular weight is 703 g/mol. The molecule has 23 heteroatoms. The van der Waals surface area contributed by atoms with Crippen molar-refractivity contribution < 1.29 is 43.3 Å². The van der Waals surface area contributed by atoms with Gasteiger partial charge in [0.2, 0.25) is 40.1 Å². The van der Waals surface area contributed by atoms with Crippen molar-refractivity contribution in [1.29, 1.82) is 0 Å². The fourth-order valence-corrected chi connectivity index (χ4v) is 6.98. The molecule has 2 amide bonds. The fourth-order valence-electron chi connectivity index (χ4n) is 3.23. The average Bonchev–Trinajstić information content (AvgIpc) is 2.81. The molecule has 0 aliphatic rings. The third-order valence-electron chi connectivity index (χ3n) is 5.01. The first-order valence-corrected chi connectivity index (χ1v) is 17.3. The van der Waals surface area contributed by atoms with Crippen molar-refractivity contribution in [2.45, 2.75) is 19.6 Å². The van der Waals surface area contributed by atoms with Gasteiger partial charge in [-0.2, -0.15) is 0 Å². The van der Waals surface area contributed by atoms with Crippen LogP contribution in [0, 0.1) is 0 Å². The normalized spacial score (nSPS) is 12.5. The molecule has 3 rings (SSSR count). The zero-order valence-corrected chi connectivity index (χ0v) is 25.0. The van der Waals surface area contributed by atoms with E-state index in [4.69, 9.17) is 43.8 Å². The minimum atomic E-state index is -4.64. The van der Waals surface area contributed by atoms with E-state index in [1.54, 1.807) is 0 Å². The highest BCUT2D eigenvalue weighted by atomic mass is 35.5. The summed E-state index contributed by atoms with van der Waals surface area (Å²) in [5.74, 6) is -2.25. The van der Waals surface area contributed by atoms with Gasteiger partial charge in [0.15, 0.2) is 0 Å². The van der Waals surface area contributed by atoms with Crippen LogP contribution in [0.1, 0.15) is 21.0 Å². The second-order valence-corrected chi connectivity index (χ2v) is 15.0. The number of sulfonamides is 4. The van der Waals surface area contributed by atoms with Crippen LogP contribution in [0.2, 0.25) is 10.0 Å². The minimum Gasteiger partial charge on any atom is -0.319 e.